The molecule has 0 saturated carbocycles. The predicted molar refractivity (Wildman–Crippen MR) is 78.5 cm³/mol. The highest BCUT2D eigenvalue weighted by Crippen LogP contribution is 2.36. The highest BCUT2D eigenvalue weighted by Gasteiger charge is 2.26. The number of para-hydroxylation sites is 2. The van der Waals surface area contributed by atoms with Crippen LogP contribution in [0, 0.1) is 0 Å². The number of halogens is 1. The molecule has 0 spiro atoms. The number of nitrogens with one attached hydrogen (secondary N) is 1. The van der Waals surface area contributed by atoms with E-state index in [2.05, 4.69) is 15.3 Å². The number of amides is 1. The molecule has 0 aliphatic carbocycles. The maximum absolute atomic E-state index is 11.9. The van der Waals surface area contributed by atoms with Crippen LogP contribution in [0.2, 0.25) is 5.15 Å². The highest BCUT2D eigenvalue weighted by molar-refractivity contribution is 6.30. The van der Waals surface area contributed by atoms with Gasteiger partial charge in [-0.05, 0) is 18.6 Å². The van der Waals surface area contributed by atoms with E-state index in [-0.39, 0.29) is 12.5 Å². The molecule has 1 aliphatic rings. The fourth-order valence-electron chi connectivity index (χ4n) is 2.34. The van der Waals surface area contributed by atoms with Gasteiger partial charge < -0.3 is 10.2 Å². The number of aromatic nitrogens is 2. The van der Waals surface area contributed by atoms with Crippen molar-refractivity contribution in [2.75, 3.05) is 16.8 Å². The minimum absolute atomic E-state index is 0.0690. The van der Waals surface area contributed by atoms with Crippen LogP contribution in [0.1, 0.15) is 12.5 Å². The molecule has 0 unspecified atom stereocenters. The topological polar surface area (TPSA) is 58.1 Å². The van der Waals surface area contributed by atoms with Gasteiger partial charge in [0.05, 0.1) is 11.4 Å². The average Bonchev–Trinajstić information content (AvgIpc) is 2.46. The molecule has 5 nitrogen and oxygen atoms in total. The Kier molecular flexibility index (Phi) is 3.28. The number of carbonyl (C=O) groups is 1. The Morgan fingerprint density at radius 1 is 1.35 bits per heavy atom. The molecule has 2 heterocycles. The van der Waals surface area contributed by atoms with Crippen molar-refractivity contribution in [3.63, 3.8) is 0 Å². The van der Waals surface area contributed by atoms with Gasteiger partial charge in [-0.2, -0.15) is 0 Å². The van der Waals surface area contributed by atoms with Crippen LogP contribution in [0.5, 0.6) is 0 Å². The van der Waals surface area contributed by atoms with E-state index in [1.165, 1.54) is 6.33 Å². The van der Waals surface area contributed by atoms with Crippen molar-refractivity contribution in [1.29, 1.82) is 0 Å². The Hall–Kier alpha value is -2.14. The van der Waals surface area contributed by atoms with E-state index in [1.54, 1.807) is 0 Å². The molecule has 102 valence electrons. The van der Waals surface area contributed by atoms with E-state index in [1.807, 2.05) is 36.1 Å². The predicted octanol–water partition coefficient (Wildman–Crippen LogP) is 2.78. The Bertz CT molecular complexity index is 674. The second kappa shape index (κ2) is 5.09. The number of benzene rings is 1. The average molecular weight is 289 g/mol. The number of hydrogen-bond donors (Lipinski definition) is 1. The van der Waals surface area contributed by atoms with Crippen LogP contribution in [0.25, 0.3) is 0 Å². The van der Waals surface area contributed by atoms with E-state index in [9.17, 15) is 4.79 Å². The van der Waals surface area contributed by atoms with Crippen LogP contribution in [-0.4, -0.2) is 22.4 Å². The molecule has 20 heavy (non-hydrogen) atoms. The van der Waals surface area contributed by atoms with Crippen LogP contribution < -0.4 is 10.2 Å². The number of hydrogen-bond acceptors (Lipinski definition) is 4. The van der Waals surface area contributed by atoms with Crippen LogP contribution in [0.15, 0.2) is 30.6 Å². The third kappa shape index (κ3) is 2.10. The van der Waals surface area contributed by atoms with Gasteiger partial charge in [0.25, 0.3) is 0 Å². The summed E-state index contributed by atoms with van der Waals surface area (Å²) in [5.74, 6) is 0.621. The fourth-order valence-corrected chi connectivity index (χ4v) is 2.60. The molecule has 6 heteroatoms. The van der Waals surface area contributed by atoms with Gasteiger partial charge in [-0.3, -0.25) is 4.79 Å². The minimum Gasteiger partial charge on any atom is -0.323 e. The third-order valence-electron chi connectivity index (χ3n) is 3.25. The first-order valence-corrected chi connectivity index (χ1v) is 6.74. The molecule has 0 saturated heterocycles. The van der Waals surface area contributed by atoms with Gasteiger partial charge in [-0.15, -0.1) is 0 Å². The zero-order valence-electron chi connectivity index (χ0n) is 10.9. The van der Waals surface area contributed by atoms with Gasteiger partial charge >= 0.3 is 0 Å². The second-order valence-electron chi connectivity index (χ2n) is 4.47. The van der Waals surface area contributed by atoms with Crippen molar-refractivity contribution in [2.24, 2.45) is 0 Å². The van der Waals surface area contributed by atoms with Gasteiger partial charge in [0.15, 0.2) is 0 Å². The quantitative estimate of drug-likeness (QED) is 0.863. The van der Waals surface area contributed by atoms with Crippen LogP contribution in [0.4, 0.5) is 17.2 Å². The number of anilines is 3. The second-order valence-corrected chi connectivity index (χ2v) is 4.83. The van der Waals surface area contributed by atoms with Crippen molar-refractivity contribution in [3.05, 3.63) is 41.3 Å². The maximum Gasteiger partial charge on any atom is 0.244 e. The van der Waals surface area contributed by atoms with Crippen molar-refractivity contribution < 1.29 is 4.79 Å². The van der Waals surface area contributed by atoms with E-state index in [0.717, 1.165) is 16.9 Å². The lowest BCUT2D eigenvalue weighted by atomic mass is 10.1. The zero-order valence-corrected chi connectivity index (χ0v) is 11.7. The fraction of sp³-hybridized carbons (Fsp3) is 0.214. The van der Waals surface area contributed by atoms with Gasteiger partial charge in [-0.1, -0.05) is 30.7 Å². The minimum atomic E-state index is -0.0690. The molecule has 0 fully saturated rings. The summed E-state index contributed by atoms with van der Waals surface area (Å²) in [6.07, 6.45) is 2.13. The van der Waals surface area contributed by atoms with Gasteiger partial charge in [0, 0.05) is 5.56 Å². The SMILES string of the molecule is CCc1c(Cl)ncnc1N1CC(=O)Nc2ccccc21. The van der Waals surface area contributed by atoms with E-state index in [0.29, 0.717) is 17.4 Å². The van der Waals surface area contributed by atoms with Gasteiger partial charge in [0.2, 0.25) is 5.91 Å². The van der Waals surface area contributed by atoms with Gasteiger partial charge in [-0.25, -0.2) is 9.97 Å². The van der Waals surface area contributed by atoms with Crippen LogP contribution in [0.3, 0.4) is 0 Å². The Labute approximate surface area is 121 Å². The molecule has 1 aromatic heterocycles. The highest BCUT2D eigenvalue weighted by atomic mass is 35.5. The summed E-state index contributed by atoms with van der Waals surface area (Å²) in [6, 6.07) is 7.63. The van der Waals surface area contributed by atoms with Gasteiger partial charge in [0.1, 0.15) is 23.8 Å². The van der Waals surface area contributed by atoms with E-state index >= 15 is 0 Å². The van der Waals surface area contributed by atoms with Crippen LogP contribution >= 0.6 is 11.6 Å². The first kappa shape index (κ1) is 12.9. The van der Waals surface area contributed by atoms with E-state index in [4.69, 9.17) is 11.6 Å². The summed E-state index contributed by atoms with van der Waals surface area (Å²) < 4.78 is 0. The molecule has 0 bridgehead atoms. The Morgan fingerprint density at radius 3 is 2.95 bits per heavy atom. The Morgan fingerprint density at radius 2 is 2.15 bits per heavy atom. The van der Waals surface area contributed by atoms with E-state index < -0.39 is 0 Å². The summed E-state index contributed by atoms with van der Waals surface area (Å²) >= 11 is 6.13. The summed E-state index contributed by atoms with van der Waals surface area (Å²) in [7, 11) is 0. The molecule has 1 aromatic carbocycles. The largest absolute Gasteiger partial charge is 0.323 e. The van der Waals surface area contributed by atoms with Crippen molar-refractivity contribution in [2.45, 2.75) is 13.3 Å². The summed E-state index contributed by atoms with van der Waals surface area (Å²) in [5.41, 5.74) is 2.54. The first-order chi connectivity index (χ1) is 9.70. The van der Waals surface area contributed by atoms with Crippen molar-refractivity contribution in [3.8, 4) is 0 Å². The molecular weight excluding hydrogens is 276 g/mol. The molecule has 3 rings (SSSR count). The summed E-state index contributed by atoms with van der Waals surface area (Å²) in [5, 5.41) is 3.29. The molecule has 0 radical (unpaired) electrons. The normalized spacial score (nSPS) is 13.9. The standard InChI is InChI=1S/C14H13ClN4O/c1-2-9-13(15)16-8-17-14(9)19-7-12(20)18-10-5-3-4-6-11(10)19/h3-6,8H,2,7H2,1H3,(H,18,20). The number of fused-ring (bicyclic) bond motifs is 1. The third-order valence-corrected chi connectivity index (χ3v) is 3.58. The number of carbonyl (C=O) groups excluding carboxylic acids is 1. The maximum atomic E-state index is 11.9. The molecule has 0 atom stereocenters. The number of nitrogens with zero attached hydrogens (tertiary/aromatic N) is 3. The lowest BCUT2D eigenvalue weighted by Crippen LogP contribution is -2.36. The van der Waals surface area contributed by atoms with Crippen LogP contribution in [-0.2, 0) is 11.2 Å². The first-order valence-electron chi connectivity index (χ1n) is 6.36. The number of rotatable bonds is 2. The lowest BCUT2D eigenvalue weighted by molar-refractivity contribution is -0.115. The monoisotopic (exact) mass is 288 g/mol. The molecule has 1 N–H and O–H groups in total. The van der Waals surface area contributed by atoms with Crippen molar-refractivity contribution in [1.82, 2.24) is 9.97 Å². The summed E-state index contributed by atoms with van der Waals surface area (Å²) in [6.45, 7) is 2.21. The van der Waals surface area contributed by atoms with Crippen molar-refractivity contribution >= 4 is 34.7 Å². The molecular formula is C14H13ClN4O. The lowest BCUT2D eigenvalue weighted by Gasteiger charge is -2.31. The molecule has 1 amide bonds. The smallest absolute Gasteiger partial charge is 0.244 e. The molecule has 1 aliphatic heterocycles. The summed E-state index contributed by atoms with van der Waals surface area (Å²) in [4.78, 5) is 22.1. The zero-order chi connectivity index (χ0) is 14.1. The molecule has 2 aromatic rings. The Balaban J connectivity index is 2.16.